The first-order chi connectivity index (χ1) is 15.3. The Kier molecular flexibility index (Phi) is 6.15. The summed E-state index contributed by atoms with van der Waals surface area (Å²) in [4.78, 5) is -2.28. The standard InChI is InChI=1S/C20H18F10O3S/c1-12-2-8-16(17(21)10-12)20(24,25)33-18-9-3-13(11-31-18)19(22,23)32-14-4-6-15(7-5-14)34(26,27,28,29)30/h2,4-8,10,13,18H,3,9,11H2,1H3. The van der Waals surface area contributed by atoms with E-state index in [1.165, 1.54) is 13.0 Å². The van der Waals surface area contributed by atoms with E-state index in [0.717, 1.165) is 12.1 Å². The Hall–Kier alpha value is -2.19. The van der Waals surface area contributed by atoms with Crippen molar-refractivity contribution < 1.29 is 55.6 Å². The molecule has 3 nitrogen and oxygen atoms in total. The van der Waals surface area contributed by atoms with Gasteiger partial charge in [0.25, 0.3) is 0 Å². The molecule has 0 aliphatic carbocycles. The van der Waals surface area contributed by atoms with Gasteiger partial charge in [-0.15, -0.1) is 0 Å². The molecule has 1 aliphatic heterocycles. The molecule has 0 N–H and O–H groups in total. The molecule has 1 fully saturated rings. The van der Waals surface area contributed by atoms with Crippen LogP contribution in [0.1, 0.15) is 24.0 Å². The molecule has 2 unspecified atom stereocenters. The van der Waals surface area contributed by atoms with Crippen molar-refractivity contribution in [2.75, 3.05) is 6.61 Å². The van der Waals surface area contributed by atoms with Crippen LogP contribution in [0.15, 0.2) is 47.4 Å². The number of aryl methyl sites for hydroxylation is 1. The first-order valence-electron chi connectivity index (χ1n) is 9.62. The van der Waals surface area contributed by atoms with Crippen LogP contribution >= 0.6 is 10.2 Å². The summed E-state index contributed by atoms with van der Waals surface area (Å²) in [6, 6.07) is 3.38. The van der Waals surface area contributed by atoms with Crippen molar-refractivity contribution in [3.8, 4) is 5.75 Å². The molecule has 2 aromatic carbocycles. The average molecular weight is 528 g/mol. The van der Waals surface area contributed by atoms with Crippen molar-refractivity contribution >= 4 is 10.2 Å². The van der Waals surface area contributed by atoms with Crippen LogP contribution in [0.2, 0.25) is 0 Å². The fraction of sp³-hybridized carbons (Fsp3) is 0.400. The molecule has 2 aromatic rings. The van der Waals surface area contributed by atoms with Gasteiger partial charge in [-0.25, -0.2) is 4.39 Å². The third-order valence-electron chi connectivity index (χ3n) is 4.95. The molecule has 0 radical (unpaired) electrons. The van der Waals surface area contributed by atoms with Crippen LogP contribution in [0.5, 0.6) is 5.75 Å². The zero-order valence-corrected chi connectivity index (χ0v) is 18.0. The predicted molar refractivity (Wildman–Crippen MR) is 102 cm³/mol. The third-order valence-corrected chi connectivity index (χ3v) is 6.11. The molecule has 0 aromatic heterocycles. The van der Waals surface area contributed by atoms with E-state index in [4.69, 9.17) is 4.74 Å². The average Bonchev–Trinajstić information content (AvgIpc) is 2.66. The van der Waals surface area contributed by atoms with Crippen LogP contribution in [0.25, 0.3) is 0 Å². The largest absolute Gasteiger partial charge is 0.432 e. The van der Waals surface area contributed by atoms with Crippen LogP contribution in [0.3, 0.4) is 0 Å². The summed E-state index contributed by atoms with van der Waals surface area (Å²) in [5, 5.41) is 0. The van der Waals surface area contributed by atoms with E-state index in [2.05, 4.69) is 9.47 Å². The molecule has 1 saturated heterocycles. The number of alkyl halides is 4. The molecule has 0 saturated carbocycles. The molecular formula is C20H18F10O3S. The van der Waals surface area contributed by atoms with Crippen molar-refractivity contribution in [1.82, 2.24) is 0 Å². The molecule has 192 valence electrons. The minimum Gasteiger partial charge on any atom is -0.432 e. The lowest BCUT2D eigenvalue weighted by atomic mass is 10.0. The summed E-state index contributed by atoms with van der Waals surface area (Å²) in [6.07, 6.45) is -10.7. The summed E-state index contributed by atoms with van der Waals surface area (Å²) < 4.78 is 149. The Labute approximate surface area is 187 Å². The topological polar surface area (TPSA) is 27.7 Å². The summed E-state index contributed by atoms with van der Waals surface area (Å²) in [5.41, 5.74) is -0.674. The Morgan fingerprint density at radius 1 is 0.912 bits per heavy atom. The Balaban J connectivity index is 1.61. The normalized spacial score (nSPS) is 22.1. The molecule has 2 atom stereocenters. The number of hydrogen-bond donors (Lipinski definition) is 0. The van der Waals surface area contributed by atoms with Gasteiger partial charge in [-0.1, -0.05) is 25.5 Å². The molecular weight excluding hydrogens is 510 g/mol. The van der Waals surface area contributed by atoms with Crippen molar-refractivity contribution in [2.45, 2.75) is 43.2 Å². The van der Waals surface area contributed by atoms with Crippen LogP contribution in [0, 0.1) is 18.7 Å². The van der Waals surface area contributed by atoms with Crippen LogP contribution in [-0.2, 0) is 15.6 Å². The minimum absolute atomic E-state index is 0.0828. The fourth-order valence-corrected chi connectivity index (χ4v) is 3.83. The number of halogens is 10. The fourth-order valence-electron chi connectivity index (χ4n) is 3.18. The molecule has 1 heterocycles. The highest BCUT2D eigenvalue weighted by atomic mass is 32.5. The van der Waals surface area contributed by atoms with E-state index >= 15 is 0 Å². The van der Waals surface area contributed by atoms with Crippen molar-refractivity contribution in [3.05, 3.63) is 59.4 Å². The summed E-state index contributed by atoms with van der Waals surface area (Å²) in [5.74, 6) is -3.77. The Morgan fingerprint density at radius 3 is 2.03 bits per heavy atom. The second-order valence-corrected chi connectivity index (χ2v) is 10.2. The summed E-state index contributed by atoms with van der Waals surface area (Å²) in [6.45, 7) is 0.646. The van der Waals surface area contributed by atoms with E-state index in [1.54, 1.807) is 0 Å². The maximum Gasteiger partial charge on any atom is 0.402 e. The van der Waals surface area contributed by atoms with Crippen LogP contribution in [0.4, 0.5) is 41.4 Å². The first-order valence-corrected chi connectivity index (χ1v) is 11.6. The Bertz CT molecular complexity index is 1030. The van der Waals surface area contributed by atoms with Gasteiger partial charge in [0, 0.05) is 0 Å². The molecule has 34 heavy (non-hydrogen) atoms. The number of benzene rings is 2. The molecule has 0 bridgehead atoms. The first kappa shape index (κ1) is 26.4. The maximum absolute atomic E-state index is 14.4. The van der Waals surface area contributed by atoms with E-state index in [0.29, 0.717) is 17.7 Å². The van der Waals surface area contributed by atoms with Crippen molar-refractivity contribution in [2.24, 2.45) is 5.92 Å². The minimum atomic E-state index is -9.98. The monoisotopic (exact) mass is 528 g/mol. The van der Waals surface area contributed by atoms with Crippen molar-refractivity contribution in [3.63, 3.8) is 0 Å². The number of ether oxygens (including phenoxy) is 3. The van der Waals surface area contributed by atoms with Crippen LogP contribution in [-0.4, -0.2) is 19.0 Å². The lowest BCUT2D eigenvalue weighted by Gasteiger charge is -2.40. The van der Waals surface area contributed by atoms with E-state index in [-0.39, 0.29) is 12.1 Å². The van der Waals surface area contributed by atoms with E-state index in [1.807, 2.05) is 0 Å². The highest BCUT2D eigenvalue weighted by molar-refractivity contribution is 8.45. The highest BCUT2D eigenvalue weighted by Crippen LogP contribution is 3.02. The lowest BCUT2D eigenvalue weighted by molar-refractivity contribution is -0.346. The van der Waals surface area contributed by atoms with Gasteiger partial charge in [0.15, 0.2) is 6.29 Å². The molecule has 0 spiro atoms. The van der Waals surface area contributed by atoms with Gasteiger partial charge >= 0.3 is 22.4 Å². The molecule has 1 aliphatic rings. The second kappa shape index (κ2) is 7.92. The Morgan fingerprint density at radius 2 is 1.53 bits per heavy atom. The second-order valence-electron chi connectivity index (χ2n) is 7.76. The van der Waals surface area contributed by atoms with Crippen LogP contribution < -0.4 is 4.74 Å². The van der Waals surface area contributed by atoms with Crippen molar-refractivity contribution in [1.29, 1.82) is 0 Å². The number of hydrogen-bond acceptors (Lipinski definition) is 3. The highest BCUT2D eigenvalue weighted by Gasteiger charge is 2.65. The van der Waals surface area contributed by atoms with Gasteiger partial charge in [0.2, 0.25) is 0 Å². The summed E-state index contributed by atoms with van der Waals surface area (Å²) >= 11 is 0. The molecule has 14 heteroatoms. The third kappa shape index (κ3) is 6.27. The maximum atomic E-state index is 14.4. The van der Waals surface area contributed by atoms with E-state index < -0.39 is 76.1 Å². The van der Waals surface area contributed by atoms with Gasteiger partial charge < -0.3 is 9.47 Å². The zero-order chi connectivity index (χ0) is 25.6. The van der Waals surface area contributed by atoms with Gasteiger partial charge in [0.1, 0.15) is 16.5 Å². The smallest absolute Gasteiger partial charge is 0.402 e. The van der Waals surface area contributed by atoms with Gasteiger partial charge in [-0.05, 0) is 61.7 Å². The number of rotatable bonds is 7. The zero-order valence-electron chi connectivity index (χ0n) is 17.2. The quantitative estimate of drug-likeness (QED) is 0.339. The van der Waals surface area contributed by atoms with Gasteiger partial charge in [-0.3, -0.25) is 4.74 Å². The van der Waals surface area contributed by atoms with E-state index in [9.17, 15) is 41.4 Å². The van der Waals surface area contributed by atoms with Gasteiger partial charge in [0.05, 0.1) is 18.1 Å². The summed E-state index contributed by atoms with van der Waals surface area (Å²) in [7, 11) is -9.98. The van der Waals surface area contributed by atoms with Gasteiger partial charge in [-0.2, -0.15) is 17.6 Å². The molecule has 3 rings (SSSR count). The predicted octanol–water partition coefficient (Wildman–Crippen LogP) is 8.28. The molecule has 0 amide bonds. The lowest BCUT2D eigenvalue weighted by Crippen LogP contribution is -2.43. The SMILES string of the molecule is Cc1ccc(C(F)(F)OC2CCC(C(F)(F)Oc3ccc(S(F)(F)(F)(F)F)cc3)CO2)c(F)c1.